The number of aryl methyl sites for hydroxylation is 1. The van der Waals surface area contributed by atoms with Crippen molar-refractivity contribution in [3.63, 3.8) is 0 Å². The first-order valence-corrected chi connectivity index (χ1v) is 8.98. The third-order valence-electron chi connectivity index (χ3n) is 5.08. The largest absolute Gasteiger partial charge is 0.315 e. The van der Waals surface area contributed by atoms with Gasteiger partial charge in [-0.2, -0.15) is 5.10 Å². The number of rotatable bonds is 2. The summed E-state index contributed by atoms with van der Waals surface area (Å²) >= 11 is 0. The van der Waals surface area contributed by atoms with Crippen molar-refractivity contribution in [1.29, 1.82) is 0 Å². The molecule has 25 heavy (non-hydrogen) atoms. The molecule has 1 aromatic heterocycles. The van der Waals surface area contributed by atoms with Crippen LogP contribution in [0.1, 0.15) is 47.8 Å². The van der Waals surface area contributed by atoms with Gasteiger partial charge in [0.2, 0.25) is 0 Å². The van der Waals surface area contributed by atoms with E-state index in [9.17, 15) is 4.79 Å². The summed E-state index contributed by atoms with van der Waals surface area (Å²) < 4.78 is 1.96. The van der Waals surface area contributed by atoms with E-state index in [0.29, 0.717) is 11.7 Å². The van der Waals surface area contributed by atoms with Gasteiger partial charge >= 0.3 is 0 Å². The number of hydrogen-bond donors (Lipinski definition) is 1. The van der Waals surface area contributed by atoms with E-state index >= 15 is 0 Å². The quantitative estimate of drug-likeness (QED) is 0.894. The van der Waals surface area contributed by atoms with Crippen LogP contribution in [0.4, 0.5) is 5.69 Å². The molecule has 2 aromatic rings. The number of anilines is 1. The Bertz CT molecular complexity index is 724. The fourth-order valence-corrected chi connectivity index (χ4v) is 3.76. The highest BCUT2D eigenvalue weighted by molar-refractivity contribution is 6.05. The monoisotopic (exact) mass is 360 g/mol. The topological polar surface area (TPSA) is 50.2 Å². The first kappa shape index (κ1) is 18.0. The summed E-state index contributed by atoms with van der Waals surface area (Å²) in [6, 6.07) is 10.5. The van der Waals surface area contributed by atoms with Gasteiger partial charge in [0.25, 0.3) is 5.91 Å². The molecule has 1 saturated heterocycles. The van der Waals surface area contributed by atoms with E-state index in [2.05, 4.69) is 28.6 Å². The minimum atomic E-state index is 0. The first-order chi connectivity index (χ1) is 11.8. The van der Waals surface area contributed by atoms with Gasteiger partial charge in [0.15, 0.2) is 5.69 Å². The zero-order valence-corrected chi connectivity index (χ0v) is 15.2. The van der Waals surface area contributed by atoms with Gasteiger partial charge in [0.05, 0.1) is 6.04 Å². The number of piperidine rings is 1. The van der Waals surface area contributed by atoms with Crippen LogP contribution in [-0.4, -0.2) is 35.3 Å². The number of nitrogens with zero attached hydrogens (tertiary/aromatic N) is 3. The maximum atomic E-state index is 13.0. The number of nitrogens with one attached hydrogen (secondary N) is 1. The SMILES string of the molecule is Cl.O=C(c1ccn(C2CCCNC2)n1)N1CCCCc2ccccc21. The van der Waals surface area contributed by atoms with Gasteiger partial charge in [-0.1, -0.05) is 18.2 Å². The second-order valence-electron chi connectivity index (χ2n) is 6.72. The lowest BCUT2D eigenvalue weighted by Gasteiger charge is -2.23. The van der Waals surface area contributed by atoms with Crippen LogP contribution in [0.5, 0.6) is 0 Å². The number of halogens is 1. The molecule has 0 spiro atoms. The normalized spacial score (nSPS) is 20.3. The molecular weight excluding hydrogens is 336 g/mol. The van der Waals surface area contributed by atoms with Crippen LogP contribution < -0.4 is 10.2 Å². The molecule has 3 heterocycles. The average Bonchev–Trinajstić information content (AvgIpc) is 3.03. The molecule has 4 rings (SSSR count). The second-order valence-corrected chi connectivity index (χ2v) is 6.72. The molecule has 1 aromatic carbocycles. The molecule has 1 unspecified atom stereocenters. The fraction of sp³-hybridized carbons (Fsp3) is 0.474. The summed E-state index contributed by atoms with van der Waals surface area (Å²) in [5, 5.41) is 8.00. The molecule has 0 saturated carbocycles. The molecule has 2 aliphatic heterocycles. The highest BCUT2D eigenvalue weighted by atomic mass is 35.5. The standard InChI is InChI=1S/C19H24N4O.ClH/c24-19(17-10-13-23(21-17)16-8-5-11-20-14-16)22-12-4-3-7-15-6-1-2-9-18(15)22;/h1-2,6,9-10,13,16,20H,3-5,7-8,11-12,14H2;1H. The Morgan fingerprint density at radius 2 is 2.04 bits per heavy atom. The second kappa shape index (κ2) is 8.02. The average molecular weight is 361 g/mol. The third-order valence-corrected chi connectivity index (χ3v) is 5.08. The van der Waals surface area contributed by atoms with Crippen molar-refractivity contribution in [2.75, 3.05) is 24.5 Å². The molecule has 134 valence electrons. The highest BCUT2D eigenvalue weighted by Gasteiger charge is 2.25. The number of hydrogen-bond acceptors (Lipinski definition) is 3. The number of amides is 1. The predicted octanol–water partition coefficient (Wildman–Crippen LogP) is 3.21. The lowest BCUT2D eigenvalue weighted by atomic mass is 10.1. The van der Waals surface area contributed by atoms with E-state index < -0.39 is 0 Å². The lowest BCUT2D eigenvalue weighted by Crippen LogP contribution is -2.33. The van der Waals surface area contributed by atoms with Crippen molar-refractivity contribution in [1.82, 2.24) is 15.1 Å². The Labute approximate surface area is 154 Å². The number of fused-ring (bicyclic) bond motifs is 1. The van der Waals surface area contributed by atoms with Crippen molar-refractivity contribution in [3.05, 3.63) is 47.8 Å². The summed E-state index contributed by atoms with van der Waals surface area (Å²) in [4.78, 5) is 15.0. The molecule has 1 atom stereocenters. The van der Waals surface area contributed by atoms with E-state index in [0.717, 1.165) is 57.4 Å². The number of carbonyl (C=O) groups is 1. The number of aromatic nitrogens is 2. The van der Waals surface area contributed by atoms with E-state index in [1.165, 1.54) is 5.56 Å². The van der Waals surface area contributed by atoms with Crippen LogP contribution in [0, 0.1) is 0 Å². The van der Waals surface area contributed by atoms with Gasteiger partial charge in [-0.05, 0) is 56.3 Å². The van der Waals surface area contributed by atoms with Crippen LogP contribution in [0.25, 0.3) is 0 Å². The molecule has 1 fully saturated rings. The summed E-state index contributed by atoms with van der Waals surface area (Å²) in [6.45, 7) is 2.78. The van der Waals surface area contributed by atoms with Crippen LogP contribution in [-0.2, 0) is 6.42 Å². The van der Waals surface area contributed by atoms with Gasteiger partial charge in [0.1, 0.15) is 0 Å². The third kappa shape index (κ3) is 3.72. The molecule has 0 bridgehead atoms. The van der Waals surface area contributed by atoms with Crippen molar-refractivity contribution >= 4 is 24.0 Å². The van der Waals surface area contributed by atoms with Crippen molar-refractivity contribution in [2.24, 2.45) is 0 Å². The lowest BCUT2D eigenvalue weighted by molar-refractivity contribution is 0.0981. The molecule has 2 aliphatic rings. The van der Waals surface area contributed by atoms with E-state index in [4.69, 9.17) is 0 Å². The number of benzene rings is 1. The molecule has 1 amide bonds. The van der Waals surface area contributed by atoms with Crippen LogP contribution in [0.15, 0.2) is 36.5 Å². The number of carbonyl (C=O) groups excluding carboxylic acids is 1. The van der Waals surface area contributed by atoms with E-state index in [-0.39, 0.29) is 18.3 Å². The molecule has 0 radical (unpaired) electrons. The maximum Gasteiger partial charge on any atom is 0.278 e. The maximum absolute atomic E-state index is 13.0. The van der Waals surface area contributed by atoms with Gasteiger partial charge in [-0.25, -0.2) is 0 Å². The Kier molecular flexibility index (Phi) is 5.76. The van der Waals surface area contributed by atoms with Crippen molar-refractivity contribution in [2.45, 2.75) is 38.1 Å². The van der Waals surface area contributed by atoms with E-state index in [1.54, 1.807) is 0 Å². The van der Waals surface area contributed by atoms with Crippen LogP contribution in [0.2, 0.25) is 0 Å². The Morgan fingerprint density at radius 3 is 2.88 bits per heavy atom. The summed E-state index contributed by atoms with van der Waals surface area (Å²) in [7, 11) is 0. The minimum Gasteiger partial charge on any atom is -0.315 e. The molecule has 0 aliphatic carbocycles. The number of para-hydroxylation sites is 1. The fourth-order valence-electron chi connectivity index (χ4n) is 3.76. The molecule has 1 N–H and O–H groups in total. The molecule has 6 heteroatoms. The summed E-state index contributed by atoms with van der Waals surface area (Å²) in [5.41, 5.74) is 2.87. The zero-order chi connectivity index (χ0) is 16.4. The van der Waals surface area contributed by atoms with Crippen LogP contribution >= 0.6 is 12.4 Å². The zero-order valence-electron chi connectivity index (χ0n) is 14.4. The smallest absolute Gasteiger partial charge is 0.278 e. The van der Waals surface area contributed by atoms with Gasteiger partial charge < -0.3 is 10.2 Å². The van der Waals surface area contributed by atoms with E-state index in [1.807, 2.05) is 27.9 Å². The highest BCUT2D eigenvalue weighted by Crippen LogP contribution is 2.27. The molecular formula is C19H25ClN4O. The predicted molar refractivity (Wildman–Crippen MR) is 102 cm³/mol. The van der Waals surface area contributed by atoms with Crippen molar-refractivity contribution < 1.29 is 4.79 Å². The Hall–Kier alpha value is -1.85. The summed E-state index contributed by atoms with van der Waals surface area (Å²) in [6.07, 6.45) is 7.44. The van der Waals surface area contributed by atoms with Crippen LogP contribution in [0.3, 0.4) is 0 Å². The Morgan fingerprint density at radius 1 is 1.16 bits per heavy atom. The Balaban J connectivity index is 0.00000182. The summed E-state index contributed by atoms with van der Waals surface area (Å²) in [5.74, 6) is 0.0202. The van der Waals surface area contributed by atoms with Gasteiger partial charge in [-0.15, -0.1) is 12.4 Å². The first-order valence-electron chi connectivity index (χ1n) is 8.98. The van der Waals surface area contributed by atoms with Gasteiger partial charge in [-0.3, -0.25) is 9.48 Å². The van der Waals surface area contributed by atoms with Gasteiger partial charge in [0, 0.05) is 25.0 Å². The minimum absolute atomic E-state index is 0. The van der Waals surface area contributed by atoms with Crippen molar-refractivity contribution in [3.8, 4) is 0 Å². The molecule has 5 nitrogen and oxygen atoms in total.